The predicted octanol–water partition coefficient (Wildman–Crippen LogP) is 12.2. The molecule has 0 aliphatic carbocycles. The van der Waals surface area contributed by atoms with Gasteiger partial charge in [-0.25, -0.2) is 4.57 Å². The number of ether oxygens (including phenoxy) is 2. The van der Waals surface area contributed by atoms with Crippen molar-refractivity contribution >= 4 is 19.8 Å². The molecule has 0 amide bonds. The number of allylic oxidation sites excluding steroid dienone is 6. The van der Waals surface area contributed by atoms with Crippen molar-refractivity contribution in [1.29, 1.82) is 0 Å². The van der Waals surface area contributed by atoms with Crippen LogP contribution in [0.1, 0.15) is 194 Å². The number of hydrogen-bond acceptors (Lipinski definition) is 8. The van der Waals surface area contributed by atoms with Gasteiger partial charge in [0.05, 0.1) is 13.2 Å². The lowest BCUT2D eigenvalue weighted by Gasteiger charge is -2.19. The summed E-state index contributed by atoms with van der Waals surface area (Å²) in [6, 6.07) is 0. The molecule has 1 unspecified atom stereocenters. The van der Waals surface area contributed by atoms with Crippen LogP contribution in [-0.2, 0) is 32.7 Å². The lowest BCUT2D eigenvalue weighted by Crippen LogP contribution is -2.29. The van der Waals surface area contributed by atoms with Gasteiger partial charge in [-0.1, -0.05) is 147 Å². The average molecular weight is 770 g/mol. The van der Waals surface area contributed by atoms with E-state index in [2.05, 4.69) is 50.3 Å². The largest absolute Gasteiger partial charge is 0.472 e. The van der Waals surface area contributed by atoms with E-state index in [4.69, 9.17) is 24.3 Å². The molecule has 310 valence electrons. The highest BCUT2D eigenvalue weighted by molar-refractivity contribution is 7.47. The minimum Gasteiger partial charge on any atom is -0.462 e. The summed E-state index contributed by atoms with van der Waals surface area (Å²) in [4.78, 5) is 34.8. The zero-order chi connectivity index (χ0) is 38.9. The molecule has 0 aromatic carbocycles. The number of carbonyl (C=O) groups is 2. The first-order valence-electron chi connectivity index (χ1n) is 21.5. The van der Waals surface area contributed by atoms with Gasteiger partial charge in [0.1, 0.15) is 6.61 Å². The van der Waals surface area contributed by atoms with Crippen LogP contribution in [0.3, 0.4) is 0 Å². The van der Waals surface area contributed by atoms with E-state index in [9.17, 15) is 19.0 Å². The van der Waals surface area contributed by atoms with Crippen LogP contribution >= 0.6 is 7.82 Å². The van der Waals surface area contributed by atoms with Gasteiger partial charge in [0.25, 0.3) is 0 Å². The number of carbonyl (C=O) groups excluding carboxylic acids is 2. The molecule has 0 aliphatic rings. The molecule has 3 N–H and O–H groups in total. The second-order valence-corrected chi connectivity index (χ2v) is 15.7. The molecule has 9 nitrogen and oxygen atoms in total. The number of phosphoric acid groups is 1. The summed E-state index contributed by atoms with van der Waals surface area (Å²) < 4.78 is 32.7. The molecule has 0 aliphatic heterocycles. The predicted molar refractivity (Wildman–Crippen MR) is 220 cm³/mol. The molecule has 0 spiro atoms. The molecular weight excluding hydrogens is 689 g/mol. The maximum absolute atomic E-state index is 12.6. The van der Waals surface area contributed by atoms with Crippen LogP contribution in [0, 0.1) is 0 Å². The number of hydrogen-bond donors (Lipinski definition) is 2. The molecule has 2 atom stereocenters. The van der Waals surface area contributed by atoms with E-state index in [-0.39, 0.29) is 38.6 Å². The lowest BCUT2D eigenvalue weighted by molar-refractivity contribution is -0.161. The summed E-state index contributed by atoms with van der Waals surface area (Å²) in [7, 11) is -4.38. The van der Waals surface area contributed by atoms with E-state index in [0.717, 1.165) is 70.6 Å². The Balaban J connectivity index is 4.18. The van der Waals surface area contributed by atoms with Gasteiger partial charge in [-0.15, -0.1) is 0 Å². The van der Waals surface area contributed by atoms with Crippen molar-refractivity contribution in [3.8, 4) is 0 Å². The Morgan fingerprint density at radius 2 is 0.981 bits per heavy atom. The third-order valence-corrected chi connectivity index (χ3v) is 9.98. The Hall–Kier alpha value is -1.77. The first-order valence-corrected chi connectivity index (χ1v) is 23.0. The van der Waals surface area contributed by atoms with E-state index in [1.165, 1.54) is 89.9 Å². The summed E-state index contributed by atoms with van der Waals surface area (Å²) in [5, 5.41) is 0. The van der Waals surface area contributed by atoms with Crippen molar-refractivity contribution in [3.63, 3.8) is 0 Å². The topological polar surface area (TPSA) is 134 Å². The Labute approximate surface area is 324 Å². The van der Waals surface area contributed by atoms with Gasteiger partial charge in [-0.05, 0) is 70.6 Å². The highest BCUT2D eigenvalue weighted by atomic mass is 31.2. The number of rotatable bonds is 40. The molecule has 0 saturated heterocycles. The highest BCUT2D eigenvalue weighted by Gasteiger charge is 2.26. The fourth-order valence-corrected chi connectivity index (χ4v) is 6.54. The van der Waals surface area contributed by atoms with Crippen LogP contribution < -0.4 is 5.73 Å². The molecule has 0 radical (unpaired) electrons. The van der Waals surface area contributed by atoms with Gasteiger partial charge >= 0.3 is 19.8 Å². The second-order valence-electron chi connectivity index (χ2n) is 14.2. The van der Waals surface area contributed by atoms with E-state index >= 15 is 0 Å². The van der Waals surface area contributed by atoms with Crippen LogP contribution in [0.15, 0.2) is 36.5 Å². The lowest BCUT2D eigenvalue weighted by atomic mass is 10.1. The number of phosphoric ester groups is 1. The fourth-order valence-electron chi connectivity index (χ4n) is 5.78. The fraction of sp³-hybridized carbons (Fsp3) is 0.814. The molecule has 10 heteroatoms. The van der Waals surface area contributed by atoms with Gasteiger partial charge < -0.3 is 20.1 Å². The van der Waals surface area contributed by atoms with Crippen LogP contribution in [0.2, 0.25) is 0 Å². The van der Waals surface area contributed by atoms with Gasteiger partial charge in [-0.2, -0.15) is 0 Å². The minimum absolute atomic E-state index is 0.0501. The van der Waals surface area contributed by atoms with Crippen LogP contribution in [0.5, 0.6) is 0 Å². The normalized spacial score (nSPS) is 13.7. The zero-order valence-corrected chi connectivity index (χ0v) is 34.9. The smallest absolute Gasteiger partial charge is 0.462 e. The van der Waals surface area contributed by atoms with Crippen molar-refractivity contribution < 1.29 is 37.6 Å². The van der Waals surface area contributed by atoms with Crippen molar-refractivity contribution in [2.45, 2.75) is 200 Å². The van der Waals surface area contributed by atoms with Crippen molar-refractivity contribution in [3.05, 3.63) is 36.5 Å². The van der Waals surface area contributed by atoms with Crippen molar-refractivity contribution in [2.24, 2.45) is 5.73 Å². The number of unbranched alkanes of at least 4 members (excludes halogenated alkanes) is 21. The minimum atomic E-state index is -4.38. The summed E-state index contributed by atoms with van der Waals surface area (Å²) >= 11 is 0. The molecular formula is C43H80NO8P. The van der Waals surface area contributed by atoms with Crippen LogP contribution in [0.25, 0.3) is 0 Å². The van der Waals surface area contributed by atoms with Gasteiger partial charge in [0.15, 0.2) is 6.10 Å². The molecule has 0 aromatic rings. The van der Waals surface area contributed by atoms with E-state index in [0.29, 0.717) is 6.42 Å². The molecule has 0 bridgehead atoms. The Bertz CT molecular complexity index is 970. The molecule has 53 heavy (non-hydrogen) atoms. The molecule has 0 saturated carbocycles. The zero-order valence-electron chi connectivity index (χ0n) is 34.0. The summed E-state index contributed by atoms with van der Waals surface area (Å²) in [6.07, 6.45) is 43.1. The van der Waals surface area contributed by atoms with E-state index < -0.39 is 26.5 Å². The Kier molecular flexibility index (Phi) is 38.6. The SMILES string of the molecule is CCCCCC=CCC=CCCCCCCCC(=O)O[C@H](COC(=O)CCCCCCCCCC=CCCCCCCCC)COP(=O)(O)OCCN. The van der Waals surface area contributed by atoms with Crippen molar-refractivity contribution in [2.75, 3.05) is 26.4 Å². The van der Waals surface area contributed by atoms with E-state index in [1.807, 2.05) is 0 Å². The summed E-state index contributed by atoms with van der Waals surface area (Å²) in [5.74, 6) is -0.848. The van der Waals surface area contributed by atoms with Crippen molar-refractivity contribution in [1.82, 2.24) is 0 Å². The first-order chi connectivity index (χ1) is 25.8. The number of esters is 2. The Morgan fingerprint density at radius 1 is 0.566 bits per heavy atom. The van der Waals surface area contributed by atoms with Crippen LogP contribution in [-0.4, -0.2) is 49.3 Å². The van der Waals surface area contributed by atoms with Gasteiger partial charge in [0.2, 0.25) is 0 Å². The molecule has 0 fully saturated rings. The maximum atomic E-state index is 12.6. The standard InChI is InChI=1S/C43H80NO8P/c1-3-5-7-9-11-13-15-17-19-20-22-23-25-27-29-31-33-35-42(45)49-39-41(40-51-53(47,48)50-38-37-44)52-43(46)36-34-32-30-28-26-24-21-18-16-14-12-10-8-6-4-2/h12,14,17-19,21,41H,3-11,13,15-16,20,22-40,44H2,1-2H3,(H,47,48)/t41-/m1/s1. The summed E-state index contributed by atoms with van der Waals surface area (Å²) in [6.45, 7) is 3.68. The average Bonchev–Trinajstić information content (AvgIpc) is 3.14. The Morgan fingerprint density at radius 3 is 1.49 bits per heavy atom. The molecule has 0 heterocycles. The van der Waals surface area contributed by atoms with Gasteiger partial charge in [-0.3, -0.25) is 18.6 Å². The first kappa shape index (κ1) is 51.2. The third-order valence-electron chi connectivity index (χ3n) is 9.00. The second kappa shape index (κ2) is 39.9. The van der Waals surface area contributed by atoms with E-state index in [1.54, 1.807) is 0 Å². The van der Waals surface area contributed by atoms with Gasteiger partial charge in [0, 0.05) is 19.4 Å². The third kappa shape index (κ3) is 39.7. The quantitative estimate of drug-likeness (QED) is 0.0270. The van der Waals surface area contributed by atoms with Crippen LogP contribution in [0.4, 0.5) is 0 Å². The monoisotopic (exact) mass is 770 g/mol. The summed E-state index contributed by atoms with van der Waals surface area (Å²) in [5.41, 5.74) is 5.34. The molecule has 0 aromatic heterocycles. The highest BCUT2D eigenvalue weighted by Crippen LogP contribution is 2.43. The maximum Gasteiger partial charge on any atom is 0.472 e. The number of nitrogens with two attached hydrogens (primary N) is 1. The molecule has 0 rings (SSSR count).